The summed E-state index contributed by atoms with van der Waals surface area (Å²) >= 11 is 0. The molecule has 1 aromatic carbocycles. The lowest BCUT2D eigenvalue weighted by atomic mass is 10.3. The zero-order valence-electron chi connectivity index (χ0n) is 7.53. The van der Waals surface area contributed by atoms with Crippen LogP contribution >= 0.6 is 0 Å². The maximum absolute atomic E-state index is 10.7. The van der Waals surface area contributed by atoms with Crippen LogP contribution in [-0.4, -0.2) is 22.8 Å². The van der Waals surface area contributed by atoms with E-state index < -0.39 is 10.8 Å². The third-order valence-electron chi connectivity index (χ3n) is 1.55. The van der Waals surface area contributed by atoms with Crippen molar-refractivity contribution < 1.29 is 8.95 Å². The van der Waals surface area contributed by atoms with E-state index in [1.165, 1.54) is 0 Å². The van der Waals surface area contributed by atoms with E-state index in [9.17, 15) is 4.21 Å². The van der Waals surface area contributed by atoms with E-state index in [0.717, 1.165) is 0 Å². The van der Waals surface area contributed by atoms with E-state index in [0.29, 0.717) is 23.8 Å². The molecule has 0 aliphatic heterocycles. The Bertz CT molecular complexity index is 301. The molecule has 1 rings (SSSR count). The minimum atomic E-state index is -0.812. The average molecular weight is 199 g/mol. The Labute approximate surface area is 80.4 Å². The first kappa shape index (κ1) is 10.1. The standard InChI is InChI=1S/C9H13NO2S/c1-13(11)7-6-12-9-5-3-2-4-8(9)10/h2-5H,6-7,10H2,1H3. The molecule has 1 unspecified atom stereocenters. The Morgan fingerprint density at radius 3 is 2.77 bits per heavy atom. The summed E-state index contributed by atoms with van der Waals surface area (Å²) in [5.41, 5.74) is 6.25. The summed E-state index contributed by atoms with van der Waals surface area (Å²) in [5.74, 6) is 1.20. The third-order valence-corrected chi connectivity index (χ3v) is 2.29. The predicted octanol–water partition coefficient (Wildman–Crippen LogP) is 1.03. The van der Waals surface area contributed by atoms with Crippen LogP contribution in [0.15, 0.2) is 24.3 Å². The molecule has 0 aliphatic carbocycles. The summed E-state index contributed by atoms with van der Waals surface area (Å²) in [7, 11) is -0.812. The van der Waals surface area contributed by atoms with Gasteiger partial charge in [-0.3, -0.25) is 4.21 Å². The smallest absolute Gasteiger partial charge is 0.142 e. The first-order valence-corrected chi connectivity index (χ1v) is 5.70. The largest absolute Gasteiger partial charge is 0.490 e. The number of nitrogen functional groups attached to an aromatic ring is 1. The highest BCUT2D eigenvalue weighted by Crippen LogP contribution is 2.19. The zero-order chi connectivity index (χ0) is 9.68. The molecule has 0 fully saturated rings. The van der Waals surface area contributed by atoms with E-state index in [2.05, 4.69) is 0 Å². The fourth-order valence-electron chi connectivity index (χ4n) is 0.881. The first-order chi connectivity index (χ1) is 6.20. The normalized spacial score (nSPS) is 12.4. The van der Waals surface area contributed by atoms with E-state index in [-0.39, 0.29) is 0 Å². The molecule has 1 aromatic rings. The lowest BCUT2D eigenvalue weighted by Gasteiger charge is -2.06. The van der Waals surface area contributed by atoms with Gasteiger partial charge in [0, 0.05) is 17.1 Å². The lowest BCUT2D eigenvalue weighted by molar-refractivity contribution is 0.344. The summed E-state index contributed by atoms with van der Waals surface area (Å²) < 4.78 is 16.0. The molecular formula is C9H13NO2S. The molecule has 1 atom stereocenters. The molecule has 0 aliphatic rings. The molecule has 72 valence electrons. The molecule has 0 heterocycles. The molecule has 3 nitrogen and oxygen atoms in total. The van der Waals surface area contributed by atoms with Crippen LogP contribution in [0, 0.1) is 0 Å². The summed E-state index contributed by atoms with van der Waals surface area (Å²) in [6.45, 7) is 0.442. The number of anilines is 1. The van der Waals surface area contributed by atoms with Crippen LogP contribution in [-0.2, 0) is 10.8 Å². The van der Waals surface area contributed by atoms with Crippen molar-refractivity contribution in [1.29, 1.82) is 0 Å². The maximum atomic E-state index is 10.7. The van der Waals surface area contributed by atoms with Crippen LogP contribution in [0.1, 0.15) is 0 Å². The highest BCUT2D eigenvalue weighted by atomic mass is 32.2. The SMILES string of the molecule is CS(=O)CCOc1ccccc1N. The Morgan fingerprint density at radius 2 is 2.15 bits per heavy atom. The van der Waals surface area contributed by atoms with E-state index in [1.54, 1.807) is 18.4 Å². The van der Waals surface area contributed by atoms with Gasteiger partial charge in [-0.2, -0.15) is 0 Å². The monoisotopic (exact) mass is 199 g/mol. The third kappa shape index (κ3) is 3.46. The van der Waals surface area contributed by atoms with Crippen molar-refractivity contribution in [3.8, 4) is 5.75 Å². The van der Waals surface area contributed by atoms with Crippen molar-refractivity contribution in [3.63, 3.8) is 0 Å². The van der Waals surface area contributed by atoms with Gasteiger partial charge >= 0.3 is 0 Å². The van der Waals surface area contributed by atoms with E-state index >= 15 is 0 Å². The number of rotatable bonds is 4. The van der Waals surface area contributed by atoms with Gasteiger partial charge in [0.25, 0.3) is 0 Å². The van der Waals surface area contributed by atoms with Gasteiger partial charge in [0.2, 0.25) is 0 Å². The zero-order valence-corrected chi connectivity index (χ0v) is 8.34. The van der Waals surface area contributed by atoms with Gasteiger partial charge in [0.15, 0.2) is 0 Å². The van der Waals surface area contributed by atoms with Gasteiger partial charge in [-0.25, -0.2) is 0 Å². The van der Waals surface area contributed by atoms with Gasteiger partial charge in [-0.1, -0.05) is 12.1 Å². The van der Waals surface area contributed by atoms with Crippen molar-refractivity contribution in [2.45, 2.75) is 0 Å². The van der Waals surface area contributed by atoms with Crippen molar-refractivity contribution >= 4 is 16.5 Å². The summed E-state index contributed by atoms with van der Waals surface area (Å²) in [5, 5.41) is 0. The van der Waals surface area contributed by atoms with Crippen LogP contribution in [0.4, 0.5) is 5.69 Å². The Morgan fingerprint density at radius 1 is 1.46 bits per heavy atom. The molecule has 0 saturated carbocycles. The number of hydrogen-bond donors (Lipinski definition) is 1. The number of para-hydroxylation sites is 2. The predicted molar refractivity (Wildman–Crippen MR) is 55.3 cm³/mol. The second kappa shape index (κ2) is 4.87. The minimum Gasteiger partial charge on any atom is -0.490 e. The topological polar surface area (TPSA) is 52.3 Å². The number of ether oxygens (including phenoxy) is 1. The molecule has 0 aromatic heterocycles. The molecule has 0 amide bonds. The fraction of sp³-hybridized carbons (Fsp3) is 0.333. The van der Waals surface area contributed by atoms with Crippen LogP contribution in [0.25, 0.3) is 0 Å². The fourth-order valence-corrected chi connectivity index (χ4v) is 1.20. The van der Waals surface area contributed by atoms with Crippen LogP contribution in [0.3, 0.4) is 0 Å². The van der Waals surface area contributed by atoms with Gasteiger partial charge < -0.3 is 10.5 Å². The average Bonchev–Trinajstić information content (AvgIpc) is 2.08. The number of benzene rings is 1. The van der Waals surface area contributed by atoms with Crippen LogP contribution < -0.4 is 10.5 Å². The van der Waals surface area contributed by atoms with Gasteiger partial charge in [0.1, 0.15) is 5.75 Å². The summed E-state index contributed by atoms with van der Waals surface area (Å²) in [6, 6.07) is 7.28. The van der Waals surface area contributed by atoms with Crippen molar-refractivity contribution in [2.75, 3.05) is 24.3 Å². The Balaban J connectivity index is 2.45. The highest BCUT2D eigenvalue weighted by Gasteiger charge is 1.98. The van der Waals surface area contributed by atoms with Crippen LogP contribution in [0.5, 0.6) is 5.75 Å². The van der Waals surface area contributed by atoms with Gasteiger partial charge in [-0.15, -0.1) is 0 Å². The molecular weight excluding hydrogens is 186 g/mol. The lowest BCUT2D eigenvalue weighted by Crippen LogP contribution is -2.07. The van der Waals surface area contributed by atoms with E-state index in [1.807, 2.05) is 12.1 Å². The Kier molecular flexibility index (Phi) is 3.76. The maximum Gasteiger partial charge on any atom is 0.142 e. The van der Waals surface area contributed by atoms with Gasteiger partial charge in [0.05, 0.1) is 18.0 Å². The highest BCUT2D eigenvalue weighted by molar-refractivity contribution is 7.84. The van der Waals surface area contributed by atoms with E-state index in [4.69, 9.17) is 10.5 Å². The van der Waals surface area contributed by atoms with Crippen molar-refractivity contribution in [3.05, 3.63) is 24.3 Å². The second-order valence-corrected chi connectivity index (χ2v) is 4.22. The Hall–Kier alpha value is -1.03. The summed E-state index contributed by atoms with van der Waals surface area (Å²) in [4.78, 5) is 0. The molecule has 2 N–H and O–H groups in total. The first-order valence-electron chi connectivity index (χ1n) is 3.97. The molecule has 0 spiro atoms. The van der Waals surface area contributed by atoms with Crippen molar-refractivity contribution in [1.82, 2.24) is 0 Å². The van der Waals surface area contributed by atoms with Crippen molar-refractivity contribution in [2.24, 2.45) is 0 Å². The van der Waals surface area contributed by atoms with Crippen LogP contribution in [0.2, 0.25) is 0 Å². The minimum absolute atomic E-state index is 0.442. The number of nitrogens with two attached hydrogens (primary N) is 1. The summed E-state index contributed by atoms with van der Waals surface area (Å²) in [6.07, 6.45) is 1.65. The molecule has 0 saturated heterocycles. The molecule has 4 heteroatoms. The molecule has 0 bridgehead atoms. The number of hydrogen-bond acceptors (Lipinski definition) is 3. The quantitative estimate of drug-likeness (QED) is 0.737. The molecule has 0 radical (unpaired) electrons. The second-order valence-electron chi connectivity index (χ2n) is 2.66. The molecule has 13 heavy (non-hydrogen) atoms. The van der Waals surface area contributed by atoms with Gasteiger partial charge in [-0.05, 0) is 12.1 Å².